The van der Waals surface area contributed by atoms with Crippen molar-refractivity contribution in [3.63, 3.8) is 0 Å². The molecule has 0 radical (unpaired) electrons. The summed E-state index contributed by atoms with van der Waals surface area (Å²) in [5.74, 6) is -0.492. The summed E-state index contributed by atoms with van der Waals surface area (Å²) in [5.41, 5.74) is 0.918. The van der Waals surface area contributed by atoms with Crippen molar-refractivity contribution in [1.82, 2.24) is 5.32 Å². The van der Waals surface area contributed by atoms with Crippen LogP contribution in [0, 0.1) is 5.82 Å². The van der Waals surface area contributed by atoms with Crippen LogP contribution in [0.1, 0.15) is 12.0 Å². The van der Waals surface area contributed by atoms with E-state index in [0.29, 0.717) is 24.0 Å². The van der Waals surface area contributed by atoms with Gasteiger partial charge in [0.2, 0.25) is 0 Å². The first-order valence-corrected chi connectivity index (χ1v) is 5.80. The Morgan fingerprint density at radius 3 is 3.00 bits per heavy atom. The number of carbonyl (C=O) groups excluding carboxylic acids is 1. The average molecular weight is 288 g/mol. The van der Waals surface area contributed by atoms with Gasteiger partial charge in [0, 0.05) is 17.4 Å². The summed E-state index contributed by atoms with van der Waals surface area (Å²) < 4.78 is 18.4. The highest BCUT2D eigenvalue weighted by atomic mass is 79.9. The molecule has 0 bridgehead atoms. The molecule has 1 unspecified atom stereocenters. The molecular formula is C11H11BrFNO2. The van der Waals surface area contributed by atoms with Gasteiger partial charge in [-0.1, -0.05) is 22.0 Å². The van der Waals surface area contributed by atoms with E-state index in [9.17, 15) is 9.18 Å². The number of ether oxygens (including phenoxy) is 1. The van der Waals surface area contributed by atoms with Gasteiger partial charge in [-0.3, -0.25) is 4.79 Å². The quantitative estimate of drug-likeness (QED) is 0.864. The fourth-order valence-electron chi connectivity index (χ4n) is 1.58. The highest BCUT2D eigenvalue weighted by Gasteiger charge is 2.25. The Morgan fingerprint density at radius 1 is 1.56 bits per heavy atom. The van der Waals surface area contributed by atoms with E-state index >= 15 is 0 Å². The highest BCUT2D eigenvalue weighted by molar-refractivity contribution is 9.10. The molecule has 3 nitrogen and oxygen atoms in total. The molecule has 0 amide bonds. The molecule has 1 fully saturated rings. The molecule has 0 spiro atoms. The maximum Gasteiger partial charge on any atom is 0.323 e. The smallest absolute Gasteiger partial charge is 0.323 e. The molecule has 1 N–H and O–H groups in total. The number of nitrogens with one attached hydrogen (secondary N) is 1. The Kier molecular flexibility index (Phi) is 3.56. The third-order valence-corrected chi connectivity index (χ3v) is 3.23. The fraction of sp³-hybridized carbons (Fsp3) is 0.364. The second-order valence-electron chi connectivity index (χ2n) is 3.63. The van der Waals surface area contributed by atoms with Crippen LogP contribution in [0.4, 0.5) is 4.39 Å². The highest BCUT2D eigenvalue weighted by Crippen LogP contribution is 2.18. The van der Waals surface area contributed by atoms with Crippen LogP contribution in [0.5, 0.6) is 0 Å². The zero-order valence-corrected chi connectivity index (χ0v) is 10.1. The Hall–Kier alpha value is -0.940. The monoisotopic (exact) mass is 287 g/mol. The predicted octanol–water partition coefficient (Wildman–Crippen LogP) is 1.99. The van der Waals surface area contributed by atoms with E-state index in [1.807, 2.05) is 0 Å². The van der Waals surface area contributed by atoms with Crippen molar-refractivity contribution >= 4 is 21.9 Å². The summed E-state index contributed by atoms with van der Waals surface area (Å²) in [6, 6.07) is 4.25. The van der Waals surface area contributed by atoms with Crippen LogP contribution in [-0.2, 0) is 16.1 Å². The van der Waals surface area contributed by atoms with Gasteiger partial charge in [0.25, 0.3) is 0 Å². The summed E-state index contributed by atoms with van der Waals surface area (Å²) in [6.45, 7) is 0.988. The minimum Gasteiger partial charge on any atom is -0.464 e. The Balaban J connectivity index is 1.96. The molecule has 1 aromatic carbocycles. The van der Waals surface area contributed by atoms with Crippen molar-refractivity contribution < 1.29 is 13.9 Å². The van der Waals surface area contributed by atoms with Crippen molar-refractivity contribution in [2.45, 2.75) is 19.0 Å². The van der Waals surface area contributed by atoms with Crippen LogP contribution >= 0.6 is 15.9 Å². The minimum absolute atomic E-state index is 0.210. The SMILES string of the molecule is O=C1OCCC1NCc1ccc(F)cc1Br. The molecule has 1 saturated heterocycles. The third-order valence-electron chi connectivity index (χ3n) is 2.49. The van der Waals surface area contributed by atoms with E-state index in [2.05, 4.69) is 21.2 Å². The van der Waals surface area contributed by atoms with Gasteiger partial charge in [-0.05, 0) is 17.7 Å². The zero-order chi connectivity index (χ0) is 11.5. The Labute approximate surface area is 101 Å². The van der Waals surface area contributed by atoms with E-state index < -0.39 is 0 Å². The van der Waals surface area contributed by atoms with E-state index in [1.54, 1.807) is 6.07 Å². The van der Waals surface area contributed by atoms with Gasteiger partial charge < -0.3 is 10.1 Å². The molecule has 1 aliphatic heterocycles. The number of halogens is 2. The average Bonchev–Trinajstić information content (AvgIpc) is 2.63. The lowest BCUT2D eigenvalue weighted by molar-refractivity contribution is -0.139. The topological polar surface area (TPSA) is 38.3 Å². The second kappa shape index (κ2) is 4.93. The minimum atomic E-state index is -0.282. The summed E-state index contributed by atoms with van der Waals surface area (Å²) in [4.78, 5) is 11.2. The van der Waals surface area contributed by atoms with Gasteiger partial charge in [0.15, 0.2) is 0 Å². The molecule has 86 valence electrons. The zero-order valence-electron chi connectivity index (χ0n) is 8.50. The van der Waals surface area contributed by atoms with E-state index in [1.165, 1.54) is 12.1 Å². The van der Waals surface area contributed by atoms with E-state index in [4.69, 9.17) is 4.74 Å². The lowest BCUT2D eigenvalue weighted by Gasteiger charge is -2.09. The number of rotatable bonds is 3. The summed E-state index contributed by atoms with van der Waals surface area (Å²) in [5, 5.41) is 3.08. The maximum atomic E-state index is 12.8. The van der Waals surface area contributed by atoms with Gasteiger partial charge in [0.05, 0.1) is 6.61 Å². The number of esters is 1. The summed E-state index contributed by atoms with van der Waals surface area (Å²) in [7, 11) is 0. The van der Waals surface area contributed by atoms with Crippen molar-refractivity contribution in [3.05, 3.63) is 34.1 Å². The number of cyclic esters (lactones) is 1. The number of benzene rings is 1. The summed E-state index contributed by atoms with van der Waals surface area (Å²) in [6.07, 6.45) is 0.692. The largest absolute Gasteiger partial charge is 0.464 e. The molecule has 0 saturated carbocycles. The van der Waals surface area contributed by atoms with Crippen molar-refractivity contribution in [2.75, 3.05) is 6.61 Å². The first-order chi connectivity index (χ1) is 7.66. The van der Waals surface area contributed by atoms with Gasteiger partial charge in [-0.25, -0.2) is 4.39 Å². The van der Waals surface area contributed by atoms with Crippen LogP contribution in [0.3, 0.4) is 0 Å². The number of hydrogen-bond donors (Lipinski definition) is 1. The predicted molar refractivity (Wildman–Crippen MR) is 60.3 cm³/mol. The second-order valence-corrected chi connectivity index (χ2v) is 4.48. The number of hydrogen-bond acceptors (Lipinski definition) is 3. The molecule has 0 aliphatic carbocycles. The van der Waals surface area contributed by atoms with E-state index in [-0.39, 0.29) is 17.8 Å². The van der Waals surface area contributed by atoms with Crippen LogP contribution in [0.25, 0.3) is 0 Å². The van der Waals surface area contributed by atoms with Gasteiger partial charge in [-0.2, -0.15) is 0 Å². The molecule has 5 heteroatoms. The molecule has 2 rings (SSSR count). The van der Waals surface area contributed by atoms with Crippen LogP contribution in [-0.4, -0.2) is 18.6 Å². The van der Waals surface area contributed by atoms with Crippen molar-refractivity contribution in [2.24, 2.45) is 0 Å². The van der Waals surface area contributed by atoms with E-state index in [0.717, 1.165) is 5.56 Å². The van der Waals surface area contributed by atoms with Crippen molar-refractivity contribution in [1.29, 1.82) is 0 Å². The first-order valence-electron chi connectivity index (χ1n) is 5.01. The van der Waals surface area contributed by atoms with Gasteiger partial charge in [-0.15, -0.1) is 0 Å². The van der Waals surface area contributed by atoms with Gasteiger partial charge in [0.1, 0.15) is 11.9 Å². The van der Waals surface area contributed by atoms with Gasteiger partial charge >= 0.3 is 5.97 Å². The lowest BCUT2D eigenvalue weighted by atomic mass is 10.2. The first kappa shape index (κ1) is 11.5. The molecule has 1 atom stereocenters. The Bertz CT molecular complexity index is 411. The molecular weight excluding hydrogens is 277 g/mol. The standard InChI is InChI=1S/C11H11BrFNO2/c12-9-5-8(13)2-1-7(9)6-14-10-3-4-16-11(10)15/h1-2,5,10,14H,3-4,6H2. The maximum absolute atomic E-state index is 12.8. The lowest BCUT2D eigenvalue weighted by Crippen LogP contribution is -2.32. The fourth-order valence-corrected chi connectivity index (χ4v) is 2.07. The molecule has 1 aliphatic rings. The van der Waals surface area contributed by atoms with Crippen molar-refractivity contribution in [3.8, 4) is 0 Å². The Morgan fingerprint density at radius 2 is 2.38 bits per heavy atom. The van der Waals surface area contributed by atoms with Crippen LogP contribution in [0.15, 0.2) is 22.7 Å². The molecule has 1 aromatic rings. The number of carbonyl (C=O) groups is 1. The normalized spacial score (nSPS) is 19.9. The van der Waals surface area contributed by atoms with Crippen LogP contribution < -0.4 is 5.32 Å². The summed E-state index contributed by atoms with van der Waals surface area (Å²) >= 11 is 3.28. The molecule has 0 aromatic heterocycles. The third kappa shape index (κ3) is 2.59. The molecule has 1 heterocycles. The van der Waals surface area contributed by atoms with Crippen LogP contribution in [0.2, 0.25) is 0 Å². The molecule has 16 heavy (non-hydrogen) atoms.